The van der Waals surface area contributed by atoms with Gasteiger partial charge in [0.1, 0.15) is 13.2 Å². The molecule has 0 bridgehead atoms. The Morgan fingerprint density at radius 2 is 2.22 bits per heavy atom. The summed E-state index contributed by atoms with van der Waals surface area (Å²) in [5.41, 5.74) is 0.536. The topological polar surface area (TPSA) is 59.3 Å². The lowest BCUT2D eigenvalue weighted by Gasteiger charge is -2.20. The van der Waals surface area contributed by atoms with Crippen LogP contribution in [0.1, 0.15) is 23.7 Å². The number of hydrogen-bond acceptors (Lipinski definition) is 4. The lowest BCUT2D eigenvalue weighted by molar-refractivity contribution is 0.0930. The van der Waals surface area contributed by atoms with E-state index in [0.29, 0.717) is 34.7 Å². The molecule has 0 amide bonds. The molecule has 0 N–H and O–H groups in total. The van der Waals surface area contributed by atoms with Gasteiger partial charge in [-0.3, -0.25) is 4.79 Å². The molecule has 1 aromatic carbocycles. The molecule has 0 radical (unpaired) electrons. The van der Waals surface area contributed by atoms with Gasteiger partial charge < -0.3 is 9.47 Å². The molecule has 1 aromatic rings. The Labute approximate surface area is 114 Å². The van der Waals surface area contributed by atoms with E-state index in [1.165, 1.54) is 0 Å². The van der Waals surface area contributed by atoms with E-state index in [2.05, 4.69) is 15.9 Å². The zero-order valence-electron chi connectivity index (χ0n) is 9.90. The third kappa shape index (κ3) is 2.49. The van der Waals surface area contributed by atoms with Gasteiger partial charge in [-0.05, 0) is 28.1 Å². The number of ketones is 1. The molecule has 94 valence electrons. The number of carbonyl (C=O) groups is 1. The molecule has 18 heavy (non-hydrogen) atoms. The SMILES string of the molecule is CC(CC#N)C(=O)c1cc(Br)c2c(c1)OCCO2. The normalized spacial score (nSPS) is 14.7. The van der Waals surface area contributed by atoms with Crippen LogP contribution >= 0.6 is 15.9 Å². The van der Waals surface area contributed by atoms with Crippen LogP contribution in [0.2, 0.25) is 0 Å². The molecule has 2 rings (SSSR count). The molecule has 1 aliphatic heterocycles. The highest BCUT2D eigenvalue weighted by molar-refractivity contribution is 9.10. The highest BCUT2D eigenvalue weighted by Gasteiger charge is 2.21. The van der Waals surface area contributed by atoms with Gasteiger partial charge in [-0.25, -0.2) is 0 Å². The Morgan fingerprint density at radius 3 is 2.94 bits per heavy atom. The Hall–Kier alpha value is -1.54. The van der Waals surface area contributed by atoms with Crippen molar-refractivity contribution in [3.05, 3.63) is 22.2 Å². The van der Waals surface area contributed by atoms with Crippen LogP contribution in [0.4, 0.5) is 0 Å². The van der Waals surface area contributed by atoms with Crippen molar-refractivity contribution in [2.45, 2.75) is 13.3 Å². The van der Waals surface area contributed by atoms with Crippen LogP contribution in [-0.4, -0.2) is 19.0 Å². The number of carbonyl (C=O) groups excluding carboxylic acids is 1. The van der Waals surface area contributed by atoms with Gasteiger partial charge >= 0.3 is 0 Å². The molecule has 0 aromatic heterocycles. The fourth-order valence-electron chi connectivity index (χ4n) is 1.77. The minimum Gasteiger partial charge on any atom is -0.486 e. The maximum absolute atomic E-state index is 12.1. The predicted molar refractivity (Wildman–Crippen MR) is 68.9 cm³/mol. The van der Waals surface area contributed by atoms with E-state index in [0.717, 1.165) is 0 Å². The van der Waals surface area contributed by atoms with Crippen molar-refractivity contribution in [1.29, 1.82) is 5.26 Å². The smallest absolute Gasteiger partial charge is 0.175 e. The fourth-order valence-corrected chi connectivity index (χ4v) is 2.32. The molecule has 0 saturated carbocycles. The second kappa shape index (κ2) is 5.40. The summed E-state index contributed by atoms with van der Waals surface area (Å²) in [5, 5.41) is 8.62. The van der Waals surface area contributed by atoms with Crippen LogP contribution in [-0.2, 0) is 0 Å². The van der Waals surface area contributed by atoms with Crippen LogP contribution in [0.15, 0.2) is 16.6 Å². The van der Waals surface area contributed by atoms with Gasteiger partial charge in [-0.2, -0.15) is 5.26 Å². The summed E-state index contributed by atoms with van der Waals surface area (Å²) < 4.78 is 11.6. The highest BCUT2D eigenvalue weighted by atomic mass is 79.9. The molecule has 1 unspecified atom stereocenters. The van der Waals surface area contributed by atoms with Gasteiger partial charge in [0.2, 0.25) is 0 Å². The molecule has 4 nitrogen and oxygen atoms in total. The molecule has 1 atom stereocenters. The Morgan fingerprint density at radius 1 is 1.50 bits per heavy atom. The van der Waals surface area contributed by atoms with Crippen molar-refractivity contribution >= 4 is 21.7 Å². The minimum atomic E-state index is -0.315. The van der Waals surface area contributed by atoms with Crippen molar-refractivity contribution in [2.24, 2.45) is 5.92 Å². The van der Waals surface area contributed by atoms with Crippen molar-refractivity contribution in [1.82, 2.24) is 0 Å². The van der Waals surface area contributed by atoms with Gasteiger partial charge in [-0.1, -0.05) is 6.92 Å². The summed E-state index contributed by atoms with van der Waals surface area (Å²) in [5.74, 6) is 0.826. The van der Waals surface area contributed by atoms with E-state index in [4.69, 9.17) is 14.7 Å². The van der Waals surface area contributed by atoms with Crippen LogP contribution < -0.4 is 9.47 Å². The van der Waals surface area contributed by atoms with Gasteiger partial charge in [0, 0.05) is 17.9 Å². The zero-order valence-corrected chi connectivity index (χ0v) is 11.5. The van der Waals surface area contributed by atoms with E-state index in [-0.39, 0.29) is 18.1 Å². The van der Waals surface area contributed by atoms with Crippen LogP contribution in [0.25, 0.3) is 0 Å². The van der Waals surface area contributed by atoms with Gasteiger partial charge in [-0.15, -0.1) is 0 Å². The summed E-state index contributed by atoms with van der Waals surface area (Å²) in [6.45, 7) is 2.73. The molecule has 5 heteroatoms. The molecule has 0 saturated heterocycles. The summed E-state index contributed by atoms with van der Waals surface area (Å²) in [7, 11) is 0. The van der Waals surface area contributed by atoms with E-state index >= 15 is 0 Å². The lowest BCUT2D eigenvalue weighted by Crippen LogP contribution is -2.17. The van der Waals surface area contributed by atoms with Crippen LogP contribution in [0, 0.1) is 17.2 Å². The second-order valence-electron chi connectivity index (χ2n) is 4.11. The van der Waals surface area contributed by atoms with Crippen molar-refractivity contribution in [3.8, 4) is 17.6 Å². The van der Waals surface area contributed by atoms with Crippen molar-refractivity contribution in [2.75, 3.05) is 13.2 Å². The lowest BCUT2D eigenvalue weighted by atomic mass is 9.97. The molecular weight excluding hydrogens is 298 g/mol. The second-order valence-corrected chi connectivity index (χ2v) is 4.96. The zero-order chi connectivity index (χ0) is 13.1. The highest BCUT2D eigenvalue weighted by Crippen LogP contribution is 2.39. The third-order valence-electron chi connectivity index (χ3n) is 2.73. The van der Waals surface area contributed by atoms with Crippen LogP contribution in [0.5, 0.6) is 11.5 Å². The van der Waals surface area contributed by atoms with Gasteiger partial charge in [0.15, 0.2) is 17.3 Å². The Kier molecular flexibility index (Phi) is 3.87. The maximum Gasteiger partial charge on any atom is 0.175 e. The Balaban J connectivity index is 2.33. The van der Waals surface area contributed by atoms with E-state index < -0.39 is 0 Å². The quantitative estimate of drug-likeness (QED) is 0.805. The summed E-state index contributed by atoms with van der Waals surface area (Å²) in [4.78, 5) is 12.1. The van der Waals surface area contributed by atoms with E-state index in [9.17, 15) is 4.79 Å². The maximum atomic E-state index is 12.1. The van der Waals surface area contributed by atoms with Gasteiger partial charge in [0.25, 0.3) is 0 Å². The number of ether oxygens (including phenoxy) is 2. The summed E-state index contributed by atoms with van der Waals surface area (Å²) >= 11 is 3.37. The summed E-state index contributed by atoms with van der Waals surface area (Å²) in [6, 6.07) is 5.39. The molecule has 1 aliphatic rings. The molecule has 0 aliphatic carbocycles. The largest absolute Gasteiger partial charge is 0.486 e. The number of benzene rings is 1. The number of nitrogens with zero attached hydrogens (tertiary/aromatic N) is 1. The average molecular weight is 310 g/mol. The van der Waals surface area contributed by atoms with Crippen molar-refractivity contribution < 1.29 is 14.3 Å². The average Bonchev–Trinajstić information content (AvgIpc) is 2.38. The fraction of sp³-hybridized carbons (Fsp3) is 0.385. The molecular formula is C13H12BrNO3. The number of hydrogen-bond donors (Lipinski definition) is 0. The first-order chi connectivity index (χ1) is 8.63. The van der Waals surface area contributed by atoms with E-state index in [1.54, 1.807) is 19.1 Å². The number of nitriles is 1. The first kappa shape index (κ1) is 12.9. The number of halogens is 1. The molecule has 1 heterocycles. The first-order valence-electron chi connectivity index (χ1n) is 5.63. The Bertz CT molecular complexity index is 522. The summed E-state index contributed by atoms with van der Waals surface area (Å²) in [6.07, 6.45) is 0.213. The predicted octanol–water partition coefficient (Wildman–Crippen LogP) is 2.95. The molecule has 0 spiro atoms. The monoisotopic (exact) mass is 309 g/mol. The van der Waals surface area contributed by atoms with E-state index in [1.807, 2.05) is 6.07 Å². The molecule has 0 fully saturated rings. The number of fused-ring (bicyclic) bond motifs is 1. The minimum absolute atomic E-state index is 0.0609. The number of Topliss-reactive ketones (excluding diaryl/α,β-unsaturated/α-hetero) is 1. The third-order valence-corrected chi connectivity index (χ3v) is 3.32. The van der Waals surface area contributed by atoms with Crippen LogP contribution in [0.3, 0.4) is 0 Å². The first-order valence-corrected chi connectivity index (χ1v) is 6.43. The van der Waals surface area contributed by atoms with Crippen molar-refractivity contribution in [3.63, 3.8) is 0 Å². The van der Waals surface area contributed by atoms with Gasteiger partial charge in [0.05, 0.1) is 10.5 Å². The standard InChI is InChI=1S/C13H12BrNO3/c1-8(2-3-15)12(16)9-6-10(14)13-11(7-9)17-4-5-18-13/h6-8H,2,4-5H2,1H3. The number of rotatable bonds is 3.